The average Bonchev–Trinajstić information content (AvgIpc) is 2.26. The normalized spacial score (nSPS) is 12.0. The topological polar surface area (TPSA) is 72.8 Å². The Kier molecular flexibility index (Phi) is 1.35. The Hall–Kier alpha value is -2.24. The first-order valence-electron chi connectivity index (χ1n) is 3.98. The minimum absolute atomic E-state index is 0.478. The van der Waals surface area contributed by atoms with Crippen LogP contribution in [0, 0.1) is 0 Å². The summed E-state index contributed by atoms with van der Waals surface area (Å²) in [6.45, 7) is 0. The maximum atomic E-state index is 5.41. The summed E-state index contributed by atoms with van der Waals surface area (Å²) in [5.74, 6) is 0.956. The summed E-state index contributed by atoms with van der Waals surface area (Å²) in [6.07, 6.45) is 6.12. The molecule has 1 N–H and O–H groups in total. The number of nitrogens with zero attached hydrogens (tertiary/aromatic N) is 4. The molecule has 0 amide bonds. The van der Waals surface area contributed by atoms with E-state index in [9.17, 15) is 0 Å². The maximum absolute atomic E-state index is 5.41. The van der Waals surface area contributed by atoms with E-state index < -0.39 is 0 Å². The molecular formula is C8H5N5O. The molecule has 6 nitrogen and oxygen atoms in total. The Bertz CT molecular complexity index is 399. The lowest BCUT2D eigenvalue weighted by Crippen LogP contribution is -2.06. The first-order chi connectivity index (χ1) is 6.93. The molecule has 0 saturated carbocycles. The number of ether oxygens (including phenoxy) is 1. The summed E-state index contributed by atoms with van der Waals surface area (Å²) in [6, 6.07) is 0. The van der Waals surface area contributed by atoms with Crippen LogP contribution in [0.4, 0.5) is 11.4 Å². The standard InChI is InChI=1S/C8H5N5O/c1-5-7(11-3-9-1)14-8-6(13-5)2-10-4-12-8/h1-4,13H. The number of nitrogens with one attached hydrogen (secondary N) is 1. The van der Waals surface area contributed by atoms with Crippen LogP contribution >= 0.6 is 0 Å². The van der Waals surface area contributed by atoms with E-state index in [1.807, 2.05) is 0 Å². The van der Waals surface area contributed by atoms with E-state index in [4.69, 9.17) is 4.74 Å². The van der Waals surface area contributed by atoms with E-state index >= 15 is 0 Å². The van der Waals surface area contributed by atoms with Gasteiger partial charge < -0.3 is 10.1 Å². The predicted octanol–water partition coefficient (Wildman–Crippen LogP) is 1.12. The highest BCUT2D eigenvalue weighted by atomic mass is 16.5. The molecule has 1 aliphatic rings. The van der Waals surface area contributed by atoms with Crippen molar-refractivity contribution in [2.45, 2.75) is 0 Å². The minimum atomic E-state index is 0.478. The number of hydrogen-bond acceptors (Lipinski definition) is 6. The molecule has 0 fully saturated rings. The highest BCUT2D eigenvalue weighted by Gasteiger charge is 2.17. The van der Waals surface area contributed by atoms with Crippen LogP contribution in [0.1, 0.15) is 0 Å². The van der Waals surface area contributed by atoms with Crippen LogP contribution in [-0.2, 0) is 0 Å². The van der Waals surface area contributed by atoms with Crippen LogP contribution < -0.4 is 10.1 Å². The van der Waals surface area contributed by atoms with Crippen LogP contribution in [0.2, 0.25) is 0 Å². The van der Waals surface area contributed by atoms with Gasteiger partial charge in [0.15, 0.2) is 0 Å². The lowest BCUT2D eigenvalue weighted by Gasteiger charge is -2.17. The minimum Gasteiger partial charge on any atom is -0.416 e. The van der Waals surface area contributed by atoms with Gasteiger partial charge in [-0.2, -0.15) is 9.97 Å². The second-order valence-corrected chi connectivity index (χ2v) is 2.71. The van der Waals surface area contributed by atoms with E-state index in [0.29, 0.717) is 11.8 Å². The van der Waals surface area contributed by atoms with Crippen LogP contribution in [-0.4, -0.2) is 19.9 Å². The predicted molar refractivity (Wildman–Crippen MR) is 47.4 cm³/mol. The van der Waals surface area contributed by atoms with Crippen molar-refractivity contribution in [3.05, 3.63) is 25.0 Å². The van der Waals surface area contributed by atoms with E-state index in [-0.39, 0.29) is 0 Å². The summed E-state index contributed by atoms with van der Waals surface area (Å²) in [5.41, 5.74) is 1.43. The van der Waals surface area contributed by atoms with Gasteiger partial charge in [-0.3, -0.25) is 0 Å². The fourth-order valence-corrected chi connectivity index (χ4v) is 1.21. The molecule has 0 radical (unpaired) electrons. The van der Waals surface area contributed by atoms with Crippen molar-refractivity contribution in [3.63, 3.8) is 0 Å². The lowest BCUT2D eigenvalue weighted by atomic mass is 10.4. The average molecular weight is 187 g/mol. The SMILES string of the molecule is c1ncc2c(n1)Oc1ncncc1N2. The zero-order valence-electron chi connectivity index (χ0n) is 7.01. The Labute approximate surface area is 79.0 Å². The molecule has 2 aromatic heterocycles. The van der Waals surface area contributed by atoms with Gasteiger partial charge in [0.2, 0.25) is 11.8 Å². The highest BCUT2D eigenvalue weighted by molar-refractivity contribution is 5.70. The van der Waals surface area contributed by atoms with Crippen molar-refractivity contribution in [1.82, 2.24) is 19.9 Å². The van der Waals surface area contributed by atoms with Gasteiger partial charge in [-0.05, 0) is 0 Å². The number of anilines is 2. The Morgan fingerprint density at radius 2 is 1.50 bits per heavy atom. The molecule has 0 aromatic carbocycles. The van der Waals surface area contributed by atoms with Crippen LogP contribution in [0.25, 0.3) is 0 Å². The van der Waals surface area contributed by atoms with Crippen molar-refractivity contribution in [2.24, 2.45) is 0 Å². The van der Waals surface area contributed by atoms with Crippen LogP contribution in [0.15, 0.2) is 25.0 Å². The number of aromatic nitrogens is 4. The van der Waals surface area contributed by atoms with Gasteiger partial charge in [-0.1, -0.05) is 0 Å². The summed E-state index contributed by atoms with van der Waals surface area (Å²) >= 11 is 0. The zero-order chi connectivity index (χ0) is 9.38. The van der Waals surface area contributed by atoms with Crippen molar-refractivity contribution >= 4 is 11.4 Å². The second-order valence-electron chi connectivity index (χ2n) is 2.71. The van der Waals surface area contributed by atoms with Gasteiger partial charge in [-0.25, -0.2) is 9.97 Å². The van der Waals surface area contributed by atoms with Gasteiger partial charge in [0.05, 0.1) is 12.4 Å². The Morgan fingerprint density at radius 1 is 0.929 bits per heavy atom. The van der Waals surface area contributed by atoms with E-state index in [2.05, 4.69) is 25.3 Å². The zero-order valence-corrected chi connectivity index (χ0v) is 7.01. The molecule has 1 aliphatic heterocycles. The largest absolute Gasteiger partial charge is 0.416 e. The van der Waals surface area contributed by atoms with Gasteiger partial charge in [0.1, 0.15) is 24.0 Å². The summed E-state index contributed by atoms with van der Waals surface area (Å²) in [5, 5.41) is 3.07. The van der Waals surface area contributed by atoms with Crippen molar-refractivity contribution < 1.29 is 4.74 Å². The third kappa shape index (κ3) is 0.972. The molecule has 3 heterocycles. The molecule has 0 spiro atoms. The first-order valence-corrected chi connectivity index (χ1v) is 3.98. The molecule has 0 atom stereocenters. The molecule has 0 aliphatic carbocycles. The molecule has 68 valence electrons. The molecule has 0 saturated heterocycles. The van der Waals surface area contributed by atoms with Gasteiger partial charge in [0.25, 0.3) is 0 Å². The number of fused-ring (bicyclic) bond motifs is 2. The highest BCUT2D eigenvalue weighted by Crippen LogP contribution is 2.37. The van der Waals surface area contributed by atoms with E-state index in [1.54, 1.807) is 12.4 Å². The van der Waals surface area contributed by atoms with Gasteiger partial charge in [-0.15, -0.1) is 0 Å². The summed E-state index contributed by atoms with van der Waals surface area (Å²) < 4.78 is 5.41. The fraction of sp³-hybridized carbons (Fsp3) is 0. The smallest absolute Gasteiger partial charge is 0.248 e. The lowest BCUT2D eigenvalue weighted by molar-refractivity contribution is 0.440. The van der Waals surface area contributed by atoms with Crippen LogP contribution in [0.5, 0.6) is 11.8 Å². The number of rotatable bonds is 0. The van der Waals surface area contributed by atoms with Crippen molar-refractivity contribution in [3.8, 4) is 11.8 Å². The van der Waals surface area contributed by atoms with Crippen LogP contribution in [0.3, 0.4) is 0 Å². The molecule has 0 unspecified atom stereocenters. The maximum Gasteiger partial charge on any atom is 0.248 e. The molecular weight excluding hydrogens is 182 g/mol. The number of hydrogen-bond donors (Lipinski definition) is 1. The summed E-state index contributed by atoms with van der Waals surface area (Å²) in [4.78, 5) is 15.7. The van der Waals surface area contributed by atoms with Gasteiger partial charge >= 0.3 is 0 Å². The molecule has 14 heavy (non-hydrogen) atoms. The van der Waals surface area contributed by atoms with Gasteiger partial charge in [0, 0.05) is 0 Å². The molecule has 2 aromatic rings. The fourth-order valence-electron chi connectivity index (χ4n) is 1.21. The quantitative estimate of drug-likeness (QED) is 0.568. The van der Waals surface area contributed by atoms with Crippen molar-refractivity contribution in [1.29, 1.82) is 0 Å². The van der Waals surface area contributed by atoms with E-state index in [0.717, 1.165) is 11.4 Å². The molecule has 6 heteroatoms. The van der Waals surface area contributed by atoms with Crippen molar-refractivity contribution in [2.75, 3.05) is 5.32 Å². The first kappa shape index (κ1) is 7.19. The third-order valence-electron chi connectivity index (χ3n) is 1.81. The Balaban J connectivity index is 2.12. The summed E-state index contributed by atoms with van der Waals surface area (Å²) in [7, 11) is 0. The monoisotopic (exact) mass is 187 g/mol. The third-order valence-corrected chi connectivity index (χ3v) is 1.81. The Morgan fingerprint density at radius 3 is 2.07 bits per heavy atom. The molecule has 3 rings (SSSR count). The van der Waals surface area contributed by atoms with E-state index in [1.165, 1.54) is 12.7 Å². The molecule has 0 bridgehead atoms. The second kappa shape index (κ2) is 2.63.